The molecule has 1 aliphatic carbocycles. The molecule has 0 aromatic heterocycles. The second kappa shape index (κ2) is 5.82. The van der Waals surface area contributed by atoms with Crippen molar-refractivity contribution >= 4 is 21.8 Å². The number of benzene rings is 1. The number of fused-ring (bicyclic) bond motifs is 1. The van der Waals surface area contributed by atoms with E-state index in [0.717, 1.165) is 19.3 Å². The molecule has 2 aliphatic rings. The van der Waals surface area contributed by atoms with Crippen molar-refractivity contribution in [1.82, 2.24) is 4.90 Å². The van der Waals surface area contributed by atoms with Gasteiger partial charge in [0, 0.05) is 11.0 Å². The molecule has 5 heteroatoms. The van der Waals surface area contributed by atoms with Crippen molar-refractivity contribution in [1.29, 1.82) is 0 Å². The third-order valence-corrected chi connectivity index (χ3v) is 4.81. The number of hydrogen-bond acceptors (Lipinski definition) is 2. The van der Waals surface area contributed by atoms with E-state index < -0.39 is 0 Å². The van der Waals surface area contributed by atoms with Crippen LogP contribution in [0.25, 0.3) is 0 Å². The maximum Gasteiger partial charge on any atom is 0.255 e. The molecule has 20 heavy (non-hydrogen) atoms. The number of carbonyl (C=O) groups excluding carboxylic acids is 1. The molecule has 1 saturated heterocycles. The Labute approximate surface area is 126 Å². The molecule has 1 aromatic carbocycles. The molecular formula is C15H17BrFNO2. The van der Waals surface area contributed by atoms with Gasteiger partial charge in [0.25, 0.3) is 5.91 Å². The van der Waals surface area contributed by atoms with Gasteiger partial charge in [0.05, 0.1) is 24.3 Å². The average molecular weight is 342 g/mol. The molecule has 3 rings (SSSR count). The van der Waals surface area contributed by atoms with Crippen molar-refractivity contribution in [3.05, 3.63) is 34.1 Å². The number of hydrogen-bond donors (Lipinski definition) is 0. The standard InChI is InChI=1S/C15H17BrFNO2/c16-12-9-10(17)5-6-11(12)15(19)18-7-8-20-14-4-2-1-3-13(14)18/h5-6,9,13-14H,1-4,7-8H2. The molecule has 0 bridgehead atoms. The molecule has 2 fully saturated rings. The van der Waals surface area contributed by atoms with Crippen LogP contribution in [0, 0.1) is 5.82 Å². The molecule has 0 spiro atoms. The summed E-state index contributed by atoms with van der Waals surface area (Å²) >= 11 is 3.28. The maximum atomic E-state index is 13.1. The number of carbonyl (C=O) groups is 1. The molecule has 1 aliphatic heterocycles. The predicted molar refractivity (Wildman–Crippen MR) is 77.1 cm³/mol. The molecule has 1 heterocycles. The van der Waals surface area contributed by atoms with Crippen molar-refractivity contribution in [2.75, 3.05) is 13.2 Å². The topological polar surface area (TPSA) is 29.5 Å². The highest BCUT2D eigenvalue weighted by Crippen LogP contribution is 2.30. The lowest BCUT2D eigenvalue weighted by molar-refractivity contribution is -0.0753. The Bertz CT molecular complexity index is 521. The van der Waals surface area contributed by atoms with Gasteiger partial charge in [0.15, 0.2) is 0 Å². The molecule has 1 aromatic rings. The van der Waals surface area contributed by atoms with Gasteiger partial charge in [-0.05, 0) is 47.0 Å². The maximum absolute atomic E-state index is 13.1. The van der Waals surface area contributed by atoms with Crippen LogP contribution in [0.4, 0.5) is 4.39 Å². The molecule has 1 saturated carbocycles. The monoisotopic (exact) mass is 341 g/mol. The first-order valence-corrected chi connectivity index (χ1v) is 7.84. The van der Waals surface area contributed by atoms with Gasteiger partial charge in [-0.15, -0.1) is 0 Å². The number of amides is 1. The van der Waals surface area contributed by atoms with Crippen molar-refractivity contribution in [2.45, 2.75) is 37.8 Å². The van der Waals surface area contributed by atoms with Gasteiger partial charge < -0.3 is 9.64 Å². The molecule has 3 nitrogen and oxygen atoms in total. The molecule has 108 valence electrons. The Hall–Kier alpha value is -0.940. The molecule has 2 unspecified atom stereocenters. The van der Waals surface area contributed by atoms with Crippen molar-refractivity contribution in [2.24, 2.45) is 0 Å². The molecular weight excluding hydrogens is 325 g/mol. The summed E-state index contributed by atoms with van der Waals surface area (Å²) in [5.41, 5.74) is 0.526. The van der Waals surface area contributed by atoms with Crippen LogP contribution in [-0.4, -0.2) is 36.1 Å². The summed E-state index contributed by atoms with van der Waals surface area (Å²) in [6.07, 6.45) is 4.50. The van der Waals surface area contributed by atoms with Gasteiger partial charge in [-0.25, -0.2) is 4.39 Å². The third-order valence-electron chi connectivity index (χ3n) is 4.15. The van der Waals surface area contributed by atoms with Crippen LogP contribution in [0.1, 0.15) is 36.0 Å². The van der Waals surface area contributed by atoms with Gasteiger partial charge in [0.1, 0.15) is 5.82 Å². The van der Waals surface area contributed by atoms with E-state index >= 15 is 0 Å². The van der Waals surface area contributed by atoms with Crippen LogP contribution in [-0.2, 0) is 4.74 Å². The van der Waals surface area contributed by atoms with Crippen LogP contribution >= 0.6 is 15.9 Å². The van der Waals surface area contributed by atoms with Gasteiger partial charge in [-0.3, -0.25) is 4.79 Å². The Kier molecular flexibility index (Phi) is 4.08. The highest BCUT2D eigenvalue weighted by atomic mass is 79.9. The fraction of sp³-hybridized carbons (Fsp3) is 0.533. The number of nitrogens with zero attached hydrogens (tertiary/aromatic N) is 1. The van der Waals surface area contributed by atoms with Crippen molar-refractivity contribution in [3.8, 4) is 0 Å². The lowest BCUT2D eigenvalue weighted by Gasteiger charge is -2.43. The normalized spacial score (nSPS) is 26.2. The highest BCUT2D eigenvalue weighted by Gasteiger charge is 2.37. The Morgan fingerprint density at radius 2 is 2.15 bits per heavy atom. The summed E-state index contributed by atoms with van der Waals surface area (Å²) in [7, 11) is 0. The van der Waals surface area contributed by atoms with Gasteiger partial charge >= 0.3 is 0 Å². The molecule has 2 atom stereocenters. The van der Waals surface area contributed by atoms with E-state index in [1.165, 1.54) is 18.6 Å². The second-order valence-corrected chi connectivity index (χ2v) is 6.24. The fourth-order valence-corrected chi connectivity index (χ4v) is 3.69. The summed E-state index contributed by atoms with van der Waals surface area (Å²) in [5, 5.41) is 0. The van der Waals surface area contributed by atoms with Gasteiger partial charge in [0.2, 0.25) is 0 Å². The van der Waals surface area contributed by atoms with Crippen LogP contribution in [0.5, 0.6) is 0 Å². The zero-order valence-electron chi connectivity index (χ0n) is 11.1. The van der Waals surface area contributed by atoms with Crippen LogP contribution in [0.15, 0.2) is 22.7 Å². The number of rotatable bonds is 1. The minimum atomic E-state index is -0.342. The lowest BCUT2D eigenvalue weighted by Crippen LogP contribution is -2.54. The summed E-state index contributed by atoms with van der Waals surface area (Å²) in [6, 6.07) is 4.39. The molecule has 0 radical (unpaired) electrons. The minimum Gasteiger partial charge on any atom is -0.374 e. The fourth-order valence-electron chi connectivity index (χ4n) is 3.17. The third kappa shape index (κ3) is 2.61. The number of halogens is 2. The zero-order chi connectivity index (χ0) is 14.1. The van der Waals surface area contributed by atoms with E-state index in [1.54, 1.807) is 6.07 Å². The predicted octanol–water partition coefficient (Wildman–Crippen LogP) is 3.37. The van der Waals surface area contributed by atoms with Gasteiger partial charge in [-0.1, -0.05) is 12.8 Å². The Balaban J connectivity index is 1.85. The first-order chi connectivity index (χ1) is 9.66. The van der Waals surface area contributed by atoms with Crippen molar-refractivity contribution < 1.29 is 13.9 Å². The number of morpholine rings is 1. The summed E-state index contributed by atoms with van der Waals surface area (Å²) in [5.74, 6) is -0.372. The van der Waals surface area contributed by atoms with Crippen LogP contribution in [0.2, 0.25) is 0 Å². The van der Waals surface area contributed by atoms with Crippen LogP contribution < -0.4 is 0 Å². The van der Waals surface area contributed by atoms with E-state index in [4.69, 9.17) is 4.74 Å². The van der Waals surface area contributed by atoms with E-state index in [9.17, 15) is 9.18 Å². The van der Waals surface area contributed by atoms with E-state index in [0.29, 0.717) is 23.2 Å². The average Bonchev–Trinajstić information content (AvgIpc) is 2.46. The largest absolute Gasteiger partial charge is 0.374 e. The van der Waals surface area contributed by atoms with E-state index in [2.05, 4.69) is 15.9 Å². The van der Waals surface area contributed by atoms with Gasteiger partial charge in [-0.2, -0.15) is 0 Å². The SMILES string of the molecule is O=C(c1ccc(F)cc1Br)N1CCOC2CCCCC21. The smallest absolute Gasteiger partial charge is 0.255 e. The van der Waals surface area contributed by atoms with E-state index in [-0.39, 0.29) is 23.9 Å². The lowest BCUT2D eigenvalue weighted by atomic mass is 9.89. The summed E-state index contributed by atoms with van der Waals surface area (Å²) < 4.78 is 19.4. The van der Waals surface area contributed by atoms with E-state index in [1.807, 2.05) is 4.90 Å². The molecule has 0 N–H and O–H groups in total. The Morgan fingerprint density at radius 3 is 2.95 bits per heavy atom. The quantitative estimate of drug-likeness (QED) is 0.783. The van der Waals surface area contributed by atoms with Crippen molar-refractivity contribution in [3.63, 3.8) is 0 Å². The highest BCUT2D eigenvalue weighted by molar-refractivity contribution is 9.10. The number of ether oxygens (including phenoxy) is 1. The minimum absolute atomic E-state index is 0.0305. The first-order valence-electron chi connectivity index (χ1n) is 7.04. The van der Waals surface area contributed by atoms with Crippen LogP contribution in [0.3, 0.4) is 0 Å². The molecule has 1 amide bonds. The second-order valence-electron chi connectivity index (χ2n) is 5.38. The summed E-state index contributed by atoms with van der Waals surface area (Å²) in [4.78, 5) is 14.6. The zero-order valence-corrected chi connectivity index (χ0v) is 12.7. The summed E-state index contributed by atoms with van der Waals surface area (Å²) in [6.45, 7) is 1.20. The Morgan fingerprint density at radius 1 is 1.35 bits per heavy atom. The first kappa shape index (κ1) is 14.0.